The van der Waals surface area contributed by atoms with Crippen LogP contribution in [0.3, 0.4) is 0 Å². The number of alkyl halides is 3. The van der Waals surface area contributed by atoms with Crippen molar-refractivity contribution in [3.05, 3.63) is 51.0 Å². The van der Waals surface area contributed by atoms with Crippen molar-refractivity contribution in [3.8, 4) is 23.6 Å². The smallest absolute Gasteiger partial charge is 0.416 e. The number of benzene rings is 1. The van der Waals surface area contributed by atoms with Crippen molar-refractivity contribution in [3.63, 3.8) is 0 Å². The second-order valence-electron chi connectivity index (χ2n) is 8.72. The van der Waals surface area contributed by atoms with Crippen LogP contribution in [0.1, 0.15) is 32.0 Å². The Kier molecular flexibility index (Phi) is 7.78. The minimum absolute atomic E-state index is 0.00338. The molecule has 0 spiro atoms. The predicted molar refractivity (Wildman–Crippen MR) is 126 cm³/mol. The van der Waals surface area contributed by atoms with Crippen LogP contribution in [0.2, 0.25) is 28.2 Å². The molecule has 13 heteroatoms. The van der Waals surface area contributed by atoms with E-state index in [1.807, 2.05) is 33.9 Å². The van der Waals surface area contributed by atoms with E-state index < -0.39 is 20.1 Å². The molecule has 0 radical (unpaired) electrons. The molecule has 2 aromatic rings. The summed E-state index contributed by atoms with van der Waals surface area (Å²) in [5.74, 6) is 0.246. The quantitative estimate of drug-likeness (QED) is 0.281. The van der Waals surface area contributed by atoms with Gasteiger partial charge in [-0.3, -0.25) is 0 Å². The van der Waals surface area contributed by atoms with E-state index in [2.05, 4.69) is 10.1 Å². The Morgan fingerprint density at radius 3 is 2.18 bits per heavy atom. The topological polar surface area (TPSA) is 113 Å². The van der Waals surface area contributed by atoms with E-state index in [9.17, 15) is 18.4 Å². The van der Waals surface area contributed by atoms with Gasteiger partial charge in [0.1, 0.15) is 29.2 Å². The largest absolute Gasteiger partial charge is 0.541 e. The SMILES string of the molecule is CC(C)(C)[Si](C)(C)Oc1cn(-c2c(Cl)cc(C(F)(F)F)cc2Cl)nc1C=N/C(C#N)=C(\N)C#N. The minimum Gasteiger partial charge on any atom is -0.541 e. The molecule has 2 rings (SSSR count). The van der Waals surface area contributed by atoms with Gasteiger partial charge in [-0.1, -0.05) is 44.0 Å². The number of nitrogens with two attached hydrogens (primary N) is 1. The summed E-state index contributed by atoms with van der Waals surface area (Å²) >= 11 is 12.3. The number of halogens is 5. The number of hydrogen-bond donors (Lipinski definition) is 1. The lowest BCUT2D eigenvalue weighted by atomic mass is 10.2. The molecule has 1 aromatic carbocycles. The number of hydrogen-bond acceptors (Lipinski definition) is 6. The Morgan fingerprint density at radius 1 is 1.18 bits per heavy atom. The van der Waals surface area contributed by atoms with Crippen LogP contribution in [0.25, 0.3) is 5.69 Å². The lowest BCUT2D eigenvalue weighted by Crippen LogP contribution is -2.44. The first-order valence-corrected chi connectivity index (χ1v) is 13.4. The summed E-state index contributed by atoms with van der Waals surface area (Å²) in [4.78, 5) is 3.93. The maximum absolute atomic E-state index is 13.1. The molecule has 0 atom stereocenters. The molecule has 34 heavy (non-hydrogen) atoms. The van der Waals surface area contributed by atoms with Crippen LogP contribution >= 0.6 is 23.2 Å². The van der Waals surface area contributed by atoms with E-state index in [-0.39, 0.29) is 43.6 Å². The van der Waals surface area contributed by atoms with Gasteiger partial charge in [0.05, 0.1) is 28.0 Å². The fraction of sp³-hybridized carbons (Fsp3) is 0.333. The van der Waals surface area contributed by atoms with Crippen molar-refractivity contribution in [2.45, 2.75) is 45.1 Å². The maximum Gasteiger partial charge on any atom is 0.416 e. The first-order chi connectivity index (χ1) is 15.5. The van der Waals surface area contributed by atoms with Gasteiger partial charge in [-0.15, -0.1) is 0 Å². The zero-order valence-corrected chi connectivity index (χ0v) is 21.4. The minimum atomic E-state index is -4.63. The molecular formula is C21H21Cl2F3N6OSi. The molecule has 1 heterocycles. The van der Waals surface area contributed by atoms with Gasteiger partial charge in [-0.05, 0) is 30.3 Å². The molecule has 0 saturated carbocycles. The highest BCUT2D eigenvalue weighted by Gasteiger charge is 2.40. The Morgan fingerprint density at radius 2 is 1.74 bits per heavy atom. The summed E-state index contributed by atoms with van der Waals surface area (Å²) < 4.78 is 46.8. The first-order valence-electron chi connectivity index (χ1n) is 9.71. The van der Waals surface area contributed by atoms with Gasteiger partial charge in [0.15, 0.2) is 11.4 Å². The lowest BCUT2D eigenvalue weighted by molar-refractivity contribution is -0.137. The average Bonchev–Trinajstić information content (AvgIpc) is 3.07. The van der Waals surface area contributed by atoms with E-state index in [0.717, 1.165) is 12.1 Å². The molecule has 0 fully saturated rings. The van der Waals surface area contributed by atoms with E-state index in [1.54, 1.807) is 12.1 Å². The first kappa shape index (κ1) is 27.3. The van der Waals surface area contributed by atoms with E-state index in [4.69, 9.17) is 38.6 Å². The van der Waals surface area contributed by atoms with Gasteiger partial charge in [0, 0.05) is 0 Å². The van der Waals surface area contributed by atoms with Crippen LogP contribution in [0.4, 0.5) is 13.2 Å². The van der Waals surface area contributed by atoms with Crippen molar-refractivity contribution in [1.82, 2.24) is 9.78 Å². The van der Waals surface area contributed by atoms with Crippen molar-refractivity contribution in [2.24, 2.45) is 10.7 Å². The lowest BCUT2D eigenvalue weighted by Gasteiger charge is -2.36. The normalized spacial score (nSPS) is 13.4. The van der Waals surface area contributed by atoms with Crippen LogP contribution in [-0.2, 0) is 6.18 Å². The monoisotopic (exact) mass is 528 g/mol. The molecule has 0 aliphatic rings. The predicted octanol–water partition coefficient (Wildman–Crippen LogP) is 6.22. The van der Waals surface area contributed by atoms with Gasteiger partial charge in [-0.2, -0.15) is 28.8 Å². The number of nitriles is 2. The summed E-state index contributed by atoms with van der Waals surface area (Å²) in [6.45, 7) is 10.0. The van der Waals surface area contributed by atoms with E-state index in [0.29, 0.717) is 0 Å². The van der Waals surface area contributed by atoms with Crippen LogP contribution in [0.15, 0.2) is 34.7 Å². The molecular weight excluding hydrogens is 508 g/mol. The van der Waals surface area contributed by atoms with Crippen LogP contribution in [0.5, 0.6) is 5.75 Å². The second kappa shape index (κ2) is 9.70. The standard InChI is InChI=1S/C21H21Cl2F3N6OSi/c1-20(2,3)34(4,5)33-18-11-32(31-17(18)10-30-16(9-28)15(29)8-27)19-13(22)6-12(7-14(19)23)21(24,25)26/h6-7,10-11H,29H2,1-5H3/b16-15-,30-10?. The molecule has 0 unspecified atom stereocenters. The molecule has 7 nitrogen and oxygen atoms in total. The number of rotatable bonds is 5. The fourth-order valence-electron chi connectivity index (χ4n) is 2.37. The maximum atomic E-state index is 13.1. The van der Waals surface area contributed by atoms with Crippen LogP contribution < -0.4 is 10.2 Å². The highest BCUT2D eigenvalue weighted by atomic mass is 35.5. The van der Waals surface area contributed by atoms with Crippen LogP contribution in [0, 0.1) is 22.7 Å². The van der Waals surface area contributed by atoms with Gasteiger partial charge < -0.3 is 10.2 Å². The van der Waals surface area contributed by atoms with Crippen molar-refractivity contribution in [2.75, 3.05) is 0 Å². The molecule has 0 amide bonds. The van der Waals surface area contributed by atoms with Gasteiger partial charge in [-0.25, -0.2) is 9.67 Å². The molecule has 180 valence electrons. The Bertz CT molecular complexity index is 1220. The average molecular weight is 529 g/mol. The summed E-state index contributed by atoms with van der Waals surface area (Å²) in [5.41, 5.74) is 3.89. The molecule has 2 N–H and O–H groups in total. The highest BCUT2D eigenvalue weighted by molar-refractivity contribution is 6.74. The third-order valence-electron chi connectivity index (χ3n) is 5.25. The molecule has 0 aliphatic carbocycles. The second-order valence-corrected chi connectivity index (χ2v) is 14.3. The van der Waals surface area contributed by atoms with Crippen molar-refractivity contribution in [1.29, 1.82) is 10.5 Å². The third kappa shape index (κ3) is 5.92. The molecule has 0 aliphatic heterocycles. The van der Waals surface area contributed by atoms with E-state index >= 15 is 0 Å². The van der Waals surface area contributed by atoms with Crippen LogP contribution in [-0.4, -0.2) is 24.3 Å². The number of nitrogens with zero attached hydrogens (tertiary/aromatic N) is 5. The summed E-state index contributed by atoms with van der Waals surface area (Å²) in [7, 11) is -2.40. The summed E-state index contributed by atoms with van der Waals surface area (Å²) in [5, 5.41) is 21.7. The van der Waals surface area contributed by atoms with Crippen molar-refractivity contribution < 1.29 is 17.6 Å². The third-order valence-corrected chi connectivity index (χ3v) is 10.2. The molecule has 0 saturated heterocycles. The van der Waals surface area contributed by atoms with Gasteiger partial charge >= 0.3 is 6.18 Å². The summed E-state index contributed by atoms with van der Waals surface area (Å²) in [6.07, 6.45) is -2.04. The summed E-state index contributed by atoms with van der Waals surface area (Å²) in [6, 6.07) is 4.84. The Hall–Kier alpha value is -2.99. The zero-order valence-electron chi connectivity index (χ0n) is 18.9. The van der Waals surface area contributed by atoms with E-state index in [1.165, 1.54) is 17.1 Å². The zero-order chi connectivity index (χ0) is 26.1. The van der Waals surface area contributed by atoms with Gasteiger partial charge in [0.2, 0.25) is 0 Å². The number of aliphatic imine (C=N–C) groups is 1. The highest BCUT2D eigenvalue weighted by Crippen LogP contribution is 2.40. The Balaban J connectivity index is 2.70. The molecule has 0 bridgehead atoms. The number of aromatic nitrogens is 2. The number of allylic oxidation sites excluding steroid dienone is 2. The fourth-order valence-corrected chi connectivity index (χ4v) is 4.04. The molecule has 1 aromatic heterocycles. The van der Waals surface area contributed by atoms with Crippen molar-refractivity contribution >= 4 is 37.7 Å². The van der Waals surface area contributed by atoms with Gasteiger partial charge in [0.25, 0.3) is 8.32 Å². The Labute approximate surface area is 206 Å².